The maximum atomic E-state index is 5.53. The number of allylic oxidation sites excluding steroid dienone is 1. The van der Waals surface area contributed by atoms with Gasteiger partial charge in [-0.3, -0.25) is 0 Å². The summed E-state index contributed by atoms with van der Waals surface area (Å²) in [6, 6.07) is 0. The molecule has 0 aliphatic rings. The lowest BCUT2D eigenvalue weighted by atomic mass is 10.3. The van der Waals surface area contributed by atoms with Crippen LogP contribution in [0.15, 0.2) is 11.8 Å². The topological polar surface area (TPSA) is 0 Å². The zero-order valence-electron chi connectivity index (χ0n) is 7.15. The van der Waals surface area contributed by atoms with Crippen molar-refractivity contribution < 1.29 is 0 Å². The van der Waals surface area contributed by atoms with E-state index in [1.807, 2.05) is 0 Å². The van der Waals surface area contributed by atoms with Crippen molar-refractivity contribution in [3.8, 4) is 0 Å². The first-order valence-corrected chi connectivity index (χ1v) is 7.91. The van der Waals surface area contributed by atoms with Gasteiger partial charge in [-0.15, -0.1) is 11.6 Å². The molecule has 0 aliphatic carbocycles. The normalized spacial score (nSPS) is 12.8. The van der Waals surface area contributed by atoms with E-state index in [9.17, 15) is 0 Å². The third-order valence-electron chi connectivity index (χ3n) is 1.12. The Kier molecular flexibility index (Phi) is 5.09. The first kappa shape index (κ1) is 10.2. The zero-order valence-corrected chi connectivity index (χ0v) is 8.91. The molecule has 0 aromatic rings. The molecular weight excluding hydrogens is 160 g/mol. The molecule has 60 valence electrons. The van der Waals surface area contributed by atoms with E-state index in [1.54, 1.807) is 0 Å². The van der Waals surface area contributed by atoms with Crippen LogP contribution < -0.4 is 0 Å². The van der Waals surface area contributed by atoms with Crippen molar-refractivity contribution in [3.05, 3.63) is 11.8 Å². The Bertz CT molecular complexity index is 102. The molecule has 0 radical (unpaired) electrons. The Labute approximate surface area is 70.3 Å². The summed E-state index contributed by atoms with van der Waals surface area (Å²) in [7, 11) is -0.931. The van der Waals surface area contributed by atoms with Gasteiger partial charge in [0.1, 0.15) is 0 Å². The molecule has 0 bridgehead atoms. The molecule has 0 saturated heterocycles. The summed E-state index contributed by atoms with van der Waals surface area (Å²) in [6.45, 7) is 7.01. The van der Waals surface area contributed by atoms with Crippen molar-refractivity contribution in [2.75, 3.05) is 5.88 Å². The van der Waals surface area contributed by atoms with Gasteiger partial charge in [0.25, 0.3) is 0 Å². The minimum atomic E-state index is -0.931. The maximum Gasteiger partial charge on any atom is 0.0682 e. The lowest BCUT2D eigenvalue weighted by Gasteiger charge is -2.07. The van der Waals surface area contributed by atoms with Gasteiger partial charge in [0.15, 0.2) is 0 Å². The van der Waals surface area contributed by atoms with Crippen LogP contribution in [0.5, 0.6) is 0 Å². The van der Waals surface area contributed by atoms with E-state index in [2.05, 4.69) is 31.4 Å². The molecule has 0 saturated carbocycles. The summed E-state index contributed by atoms with van der Waals surface area (Å²) < 4.78 is 0. The standard InChI is InChI=1S/C8H17ClSi/c1-10(2,3)8-6-4-5-7-9/h6,8H,4-5,7H2,1-3H3/b8-6+. The van der Waals surface area contributed by atoms with Gasteiger partial charge in [-0.1, -0.05) is 31.4 Å². The Balaban J connectivity index is 3.37. The van der Waals surface area contributed by atoms with E-state index in [-0.39, 0.29) is 0 Å². The van der Waals surface area contributed by atoms with E-state index in [1.165, 1.54) is 0 Å². The van der Waals surface area contributed by atoms with Crippen LogP contribution in [0.1, 0.15) is 12.8 Å². The van der Waals surface area contributed by atoms with Crippen LogP contribution in [0.25, 0.3) is 0 Å². The fourth-order valence-electron chi connectivity index (χ4n) is 0.632. The fraction of sp³-hybridized carbons (Fsp3) is 0.750. The van der Waals surface area contributed by atoms with E-state index < -0.39 is 8.07 Å². The fourth-order valence-corrected chi connectivity index (χ4v) is 1.66. The SMILES string of the molecule is C[Si](C)(C)/C=C/CCCCl. The van der Waals surface area contributed by atoms with Crippen molar-refractivity contribution >= 4 is 19.7 Å². The molecule has 0 aromatic heterocycles. The molecule has 0 rings (SSSR count). The second-order valence-electron chi connectivity index (χ2n) is 3.60. The van der Waals surface area contributed by atoms with E-state index in [0.29, 0.717) is 0 Å². The molecule has 0 spiro atoms. The molecule has 0 amide bonds. The second kappa shape index (κ2) is 4.97. The van der Waals surface area contributed by atoms with Crippen molar-refractivity contribution in [2.24, 2.45) is 0 Å². The predicted molar refractivity (Wildman–Crippen MR) is 52.4 cm³/mol. The summed E-state index contributed by atoms with van der Waals surface area (Å²) in [4.78, 5) is 0. The highest BCUT2D eigenvalue weighted by Gasteiger charge is 2.05. The van der Waals surface area contributed by atoms with Gasteiger partial charge in [0.2, 0.25) is 0 Å². The Morgan fingerprint density at radius 2 is 1.90 bits per heavy atom. The average Bonchev–Trinajstić information content (AvgIpc) is 1.78. The minimum Gasteiger partial charge on any atom is -0.127 e. The smallest absolute Gasteiger partial charge is 0.0682 e. The van der Waals surface area contributed by atoms with Gasteiger partial charge in [-0.05, 0) is 12.8 Å². The Morgan fingerprint density at radius 3 is 2.30 bits per heavy atom. The number of rotatable bonds is 4. The molecule has 0 atom stereocenters. The van der Waals surface area contributed by atoms with E-state index >= 15 is 0 Å². The van der Waals surface area contributed by atoms with Crippen LogP contribution in [0.2, 0.25) is 19.6 Å². The van der Waals surface area contributed by atoms with Gasteiger partial charge in [0.05, 0.1) is 8.07 Å². The van der Waals surface area contributed by atoms with E-state index in [0.717, 1.165) is 18.7 Å². The lowest BCUT2D eigenvalue weighted by Crippen LogP contribution is -2.15. The summed E-state index contributed by atoms with van der Waals surface area (Å²) in [5.74, 6) is 0.788. The van der Waals surface area contributed by atoms with Gasteiger partial charge in [-0.2, -0.15) is 0 Å². The molecule has 10 heavy (non-hydrogen) atoms. The predicted octanol–water partition coefficient (Wildman–Crippen LogP) is 3.44. The van der Waals surface area contributed by atoms with Crippen LogP contribution in [0.3, 0.4) is 0 Å². The second-order valence-corrected chi connectivity index (χ2v) is 9.04. The first-order valence-electron chi connectivity index (χ1n) is 3.80. The molecule has 0 unspecified atom stereocenters. The van der Waals surface area contributed by atoms with E-state index in [4.69, 9.17) is 11.6 Å². The maximum absolute atomic E-state index is 5.53. The molecule has 0 aromatic carbocycles. The number of hydrogen-bond donors (Lipinski definition) is 0. The third-order valence-corrected chi connectivity index (χ3v) is 2.63. The van der Waals surface area contributed by atoms with Crippen molar-refractivity contribution in [3.63, 3.8) is 0 Å². The molecule has 2 heteroatoms. The lowest BCUT2D eigenvalue weighted by molar-refractivity contribution is 0.967. The van der Waals surface area contributed by atoms with Crippen molar-refractivity contribution in [1.82, 2.24) is 0 Å². The first-order chi connectivity index (χ1) is 4.56. The quantitative estimate of drug-likeness (QED) is 0.350. The molecule has 0 fully saturated rings. The van der Waals surface area contributed by atoms with Gasteiger partial charge < -0.3 is 0 Å². The van der Waals surface area contributed by atoms with Crippen LogP contribution in [-0.2, 0) is 0 Å². The Hall–Kier alpha value is 0.247. The molecule has 0 N–H and O–H groups in total. The molecule has 0 aliphatic heterocycles. The molecular formula is C8H17ClSi. The summed E-state index contributed by atoms with van der Waals surface area (Å²) >= 11 is 5.53. The number of halogens is 1. The van der Waals surface area contributed by atoms with Crippen LogP contribution >= 0.6 is 11.6 Å². The largest absolute Gasteiger partial charge is 0.127 e. The van der Waals surface area contributed by atoms with Gasteiger partial charge in [0, 0.05) is 5.88 Å². The summed E-state index contributed by atoms with van der Waals surface area (Å²) in [6.07, 6.45) is 4.53. The highest BCUT2D eigenvalue weighted by molar-refractivity contribution is 6.80. The molecule has 0 nitrogen and oxygen atoms in total. The zero-order chi connectivity index (χ0) is 8.04. The highest BCUT2D eigenvalue weighted by Crippen LogP contribution is 2.03. The van der Waals surface area contributed by atoms with Crippen LogP contribution in [0.4, 0.5) is 0 Å². The number of unbranched alkanes of at least 4 members (excludes halogenated alkanes) is 1. The molecule has 0 heterocycles. The number of alkyl halides is 1. The van der Waals surface area contributed by atoms with Crippen molar-refractivity contribution in [1.29, 1.82) is 0 Å². The van der Waals surface area contributed by atoms with Crippen LogP contribution in [-0.4, -0.2) is 14.0 Å². The third kappa shape index (κ3) is 8.25. The van der Waals surface area contributed by atoms with Gasteiger partial charge in [-0.25, -0.2) is 0 Å². The Morgan fingerprint density at radius 1 is 1.30 bits per heavy atom. The number of hydrogen-bond acceptors (Lipinski definition) is 0. The summed E-state index contributed by atoms with van der Waals surface area (Å²) in [5.41, 5.74) is 2.37. The van der Waals surface area contributed by atoms with Crippen molar-refractivity contribution in [2.45, 2.75) is 32.5 Å². The van der Waals surface area contributed by atoms with Crippen LogP contribution in [0, 0.1) is 0 Å². The monoisotopic (exact) mass is 176 g/mol. The minimum absolute atomic E-state index is 0.788. The summed E-state index contributed by atoms with van der Waals surface area (Å²) in [5, 5.41) is 0. The average molecular weight is 177 g/mol. The van der Waals surface area contributed by atoms with Gasteiger partial charge >= 0.3 is 0 Å². The highest BCUT2D eigenvalue weighted by atomic mass is 35.5.